The average molecular weight is 410 g/mol. The van der Waals surface area contributed by atoms with Gasteiger partial charge in [-0.05, 0) is 37.1 Å². The van der Waals surface area contributed by atoms with E-state index in [1.807, 2.05) is 0 Å². The van der Waals surface area contributed by atoms with Gasteiger partial charge in [0.05, 0.1) is 4.90 Å². The highest BCUT2D eigenvalue weighted by atomic mass is 32.2. The normalized spacial score (nSPS) is 14.8. The summed E-state index contributed by atoms with van der Waals surface area (Å²) >= 11 is 0. The predicted molar refractivity (Wildman–Crippen MR) is 105 cm³/mol. The minimum Gasteiger partial charge on any atom is -0.326 e. The van der Waals surface area contributed by atoms with Crippen molar-refractivity contribution in [3.63, 3.8) is 0 Å². The lowest BCUT2D eigenvalue weighted by atomic mass is 10.1. The maximum absolute atomic E-state index is 12.8. The van der Waals surface area contributed by atoms with Gasteiger partial charge in [0.2, 0.25) is 27.7 Å². The Balaban J connectivity index is 2.19. The van der Waals surface area contributed by atoms with Crippen LogP contribution in [0.4, 0.5) is 5.69 Å². The summed E-state index contributed by atoms with van der Waals surface area (Å²) < 4.78 is 27.0. The Morgan fingerprint density at radius 3 is 2.21 bits per heavy atom. The molecule has 1 N–H and O–H groups in total. The third-order valence-corrected chi connectivity index (χ3v) is 7.00. The molecule has 9 heteroatoms. The molecular weight excluding hydrogens is 382 g/mol. The number of sulfonamides is 1. The molecule has 1 saturated heterocycles. The summed E-state index contributed by atoms with van der Waals surface area (Å²) in [5.74, 6) is -0.915. The number of rotatable bonds is 8. The van der Waals surface area contributed by atoms with Gasteiger partial charge < -0.3 is 5.32 Å². The van der Waals surface area contributed by atoms with Gasteiger partial charge in [0.1, 0.15) is 0 Å². The molecule has 28 heavy (non-hydrogen) atoms. The standard InChI is InChI=1S/C19H27N3O5S/c1-5-21(6-2)28(26,27)15-11-13(3)14(4)16(12-15)20-17(23)9-10-22-18(24)7-8-19(22)25/h11-12H,5-10H2,1-4H3,(H,20,23). The third kappa shape index (κ3) is 4.59. The van der Waals surface area contributed by atoms with Gasteiger partial charge in [-0.2, -0.15) is 4.31 Å². The molecule has 3 amide bonds. The number of hydrogen-bond acceptors (Lipinski definition) is 5. The maximum atomic E-state index is 12.8. The summed E-state index contributed by atoms with van der Waals surface area (Å²) in [6.07, 6.45) is 0.330. The van der Waals surface area contributed by atoms with Gasteiger partial charge in [0.25, 0.3) is 0 Å². The number of nitrogens with zero attached hydrogens (tertiary/aromatic N) is 2. The molecule has 0 spiro atoms. The zero-order valence-corrected chi connectivity index (χ0v) is 17.6. The Labute approximate surface area is 165 Å². The molecule has 0 aliphatic carbocycles. The second-order valence-electron chi connectivity index (χ2n) is 6.74. The number of hydrogen-bond donors (Lipinski definition) is 1. The van der Waals surface area contributed by atoms with Crippen LogP contribution in [0.5, 0.6) is 0 Å². The van der Waals surface area contributed by atoms with Crippen molar-refractivity contribution in [2.75, 3.05) is 25.0 Å². The van der Waals surface area contributed by atoms with Crippen molar-refractivity contribution in [3.05, 3.63) is 23.3 Å². The van der Waals surface area contributed by atoms with Crippen molar-refractivity contribution < 1.29 is 22.8 Å². The summed E-state index contributed by atoms with van der Waals surface area (Å²) in [4.78, 5) is 36.8. The maximum Gasteiger partial charge on any atom is 0.243 e. The van der Waals surface area contributed by atoms with E-state index >= 15 is 0 Å². The molecular formula is C19H27N3O5S. The molecule has 0 saturated carbocycles. The van der Waals surface area contributed by atoms with Crippen molar-refractivity contribution in [2.45, 2.75) is 51.9 Å². The first-order chi connectivity index (χ1) is 13.1. The largest absolute Gasteiger partial charge is 0.326 e. The first-order valence-corrected chi connectivity index (χ1v) is 10.8. The van der Waals surface area contributed by atoms with Gasteiger partial charge in [-0.15, -0.1) is 0 Å². The number of anilines is 1. The third-order valence-electron chi connectivity index (χ3n) is 4.98. The van der Waals surface area contributed by atoms with Gasteiger partial charge in [-0.1, -0.05) is 13.8 Å². The summed E-state index contributed by atoms with van der Waals surface area (Å²) in [5.41, 5.74) is 1.92. The van der Waals surface area contributed by atoms with E-state index in [9.17, 15) is 22.8 Å². The topological polar surface area (TPSA) is 104 Å². The van der Waals surface area contributed by atoms with E-state index in [0.717, 1.165) is 16.0 Å². The number of benzene rings is 1. The van der Waals surface area contributed by atoms with Crippen LogP contribution in [-0.4, -0.2) is 55.0 Å². The van der Waals surface area contributed by atoms with E-state index in [-0.39, 0.29) is 48.4 Å². The zero-order chi connectivity index (χ0) is 21.1. The van der Waals surface area contributed by atoms with Crippen LogP contribution in [0.2, 0.25) is 0 Å². The highest BCUT2D eigenvalue weighted by Crippen LogP contribution is 2.26. The van der Waals surface area contributed by atoms with Crippen LogP contribution in [0.25, 0.3) is 0 Å². The quantitative estimate of drug-likeness (QED) is 0.660. The van der Waals surface area contributed by atoms with E-state index in [1.165, 1.54) is 10.4 Å². The van der Waals surface area contributed by atoms with Crippen LogP contribution in [0.15, 0.2) is 17.0 Å². The Morgan fingerprint density at radius 2 is 1.68 bits per heavy atom. The lowest BCUT2D eigenvalue weighted by Gasteiger charge is -2.20. The van der Waals surface area contributed by atoms with E-state index in [2.05, 4.69) is 5.32 Å². The van der Waals surface area contributed by atoms with Crippen molar-refractivity contribution in [1.82, 2.24) is 9.21 Å². The number of aryl methyl sites for hydroxylation is 1. The zero-order valence-electron chi connectivity index (χ0n) is 16.7. The van der Waals surface area contributed by atoms with E-state index < -0.39 is 10.0 Å². The van der Waals surface area contributed by atoms with Gasteiger partial charge in [-0.25, -0.2) is 8.42 Å². The number of carbonyl (C=O) groups is 3. The molecule has 0 aromatic heterocycles. The fraction of sp³-hybridized carbons (Fsp3) is 0.526. The molecule has 1 aliphatic heterocycles. The van der Waals surface area contributed by atoms with Crippen molar-refractivity contribution in [1.29, 1.82) is 0 Å². The number of imide groups is 1. The van der Waals surface area contributed by atoms with Gasteiger partial charge in [0.15, 0.2) is 0 Å². The van der Waals surface area contributed by atoms with Crippen molar-refractivity contribution in [2.24, 2.45) is 0 Å². The number of nitrogens with one attached hydrogen (secondary N) is 1. The van der Waals surface area contributed by atoms with E-state index in [1.54, 1.807) is 33.8 Å². The first-order valence-electron chi connectivity index (χ1n) is 9.36. The molecule has 154 valence electrons. The summed E-state index contributed by atoms with van der Waals surface area (Å²) in [6, 6.07) is 3.06. The molecule has 0 radical (unpaired) electrons. The Morgan fingerprint density at radius 1 is 1.11 bits per heavy atom. The minimum absolute atomic E-state index is 0.0268. The molecule has 0 atom stereocenters. The highest BCUT2D eigenvalue weighted by molar-refractivity contribution is 7.89. The van der Waals surface area contributed by atoms with Crippen LogP contribution in [0.3, 0.4) is 0 Å². The van der Waals surface area contributed by atoms with Crippen LogP contribution in [-0.2, 0) is 24.4 Å². The Kier molecular flexibility index (Phi) is 6.95. The molecule has 1 aromatic carbocycles. The van der Waals surface area contributed by atoms with Crippen LogP contribution in [0.1, 0.15) is 44.2 Å². The molecule has 8 nitrogen and oxygen atoms in total. The second kappa shape index (κ2) is 8.83. The molecule has 1 fully saturated rings. The number of carbonyl (C=O) groups excluding carboxylic acids is 3. The number of amides is 3. The van der Waals surface area contributed by atoms with E-state index in [4.69, 9.17) is 0 Å². The summed E-state index contributed by atoms with van der Waals surface area (Å²) in [5, 5.41) is 2.72. The van der Waals surface area contributed by atoms with Gasteiger partial charge in [0, 0.05) is 44.6 Å². The lowest BCUT2D eigenvalue weighted by Crippen LogP contribution is -2.32. The van der Waals surface area contributed by atoms with Gasteiger partial charge >= 0.3 is 0 Å². The van der Waals surface area contributed by atoms with Crippen LogP contribution < -0.4 is 5.32 Å². The first kappa shape index (κ1) is 22.0. The highest BCUT2D eigenvalue weighted by Gasteiger charge is 2.29. The SMILES string of the molecule is CCN(CC)S(=O)(=O)c1cc(C)c(C)c(NC(=O)CCN2C(=O)CCC2=O)c1. The molecule has 0 bridgehead atoms. The fourth-order valence-corrected chi connectivity index (χ4v) is 4.69. The monoisotopic (exact) mass is 409 g/mol. The Hall–Kier alpha value is -2.26. The van der Waals surface area contributed by atoms with Gasteiger partial charge in [-0.3, -0.25) is 19.3 Å². The molecule has 1 aromatic rings. The smallest absolute Gasteiger partial charge is 0.243 e. The summed E-state index contributed by atoms with van der Waals surface area (Å²) in [7, 11) is -3.65. The number of likely N-dealkylation sites (tertiary alicyclic amines) is 1. The molecule has 1 aliphatic rings. The predicted octanol–water partition coefficient (Wildman–Crippen LogP) is 1.81. The fourth-order valence-electron chi connectivity index (χ4n) is 3.12. The van der Waals surface area contributed by atoms with Crippen molar-refractivity contribution in [3.8, 4) is 0 Å². The van der Waals surface area contributed by atoms with Crippen LogP contribution >= 0.6 is 0 Å². The van der Waals surface area contributed by atoms with Crippen LogP contribution in [0, 0.1) is 13.8 Å². The second-order valence-corrected chi connectivity index (χ2v) is 8.68. The Bertz CT molecular complexity index is 875. The summed E-state index contributed by atoms with van der Waals surface area (Å²) in [6.45, 7) is 7.85. The lowest BCUT2D eigenvalue weighted by molar-refractivity contribution is -0.138. The van der Waals surface area contributed by atoms with E-state index in [0.29, 0.717) is 18.8 Å². The molecule has 2 rings (SSSR count). The molecule has 1 heterocycles. The average Bonchev–Trinajstić information content (AvgIpc) is 2.95. The molecule has 0 unspecified atom stereocenters. The van der Waals surface area contributed by atoms with Crippen molar-refractivity contribution >= 4 is 33.4 Å². The minimum atomic E-state index is -3.65.